The van der Waals surface area contributed by atoms with Crippen LogP contribution in [0.3, 0.4) is 0 Å². The molecule has 3 heterocycles. The highest BCUT2D eigenvalue weighted by Crippen LogP contribution is 2.28. The van der Waals surface area contributed by atoms with E-state index in [1.54, 1.807) is 18.3 Å². The van der Waals surface area contributed by atoms with Gasteiger partial charge in [-0.3, -0.25) is 9.59 Å². The quantitative estimate of drug-likeness (QED) is 0.391. The molecule has 4 aromatic rings. The van der Waals surface area contributed by atoms with Crippen LogP contribution in [-0.4, -0.2) is 68.0 Å². The number of carbonyl (C=O) groups is 2. The van der Waals surface area contributed by atoms with E-state index in [9.17, 15) is 9.59 Å². The van der Waals surface area contributed by atoms with Crippen molar-refractivity contribution in [3.05, 3.63) is 66.4 Å². The molecule has 2 aromatic heterocycles. The van der Waals surface area contributed by atoms with Gasteiger partial charge in [0.25, 0.3) is 11.8 Å². The third-order valence-electron chi connectivity index (χ3n) is 6.69. The molecule has 40 heavy (non-hydrogen) atoms. The van der Waals surface area contributed by atoms with Gasteiger partial charge in [0.2, 0.25) is 11.8 Å². The van der Waals surface area contributed by atoms with E-state index in [-0.39, 0.29) is 28.9 Å². The molecule has 10 heteroatoms. The van der Waals surface area contributed by atoms with Gasteiger partial charge in [-0.1, -0.05) is 51.1 Å². The summed E-state index contributed by atoms with van der Waals surface area (Å²) in [5.41, 5.74) is 9.01. The molecular formula is C30H33N7O3. The zero-order valence-corrected chi connectivity index (χ0v) is 23.0. The fourth-order valence-corrected chi connectivity index (χ4v) is 4.61. The molecule has 0 saturated carbocycles. The molecule has 2 N–H and O–H groups in total. The van der Waals surface area contributed by atoms with Crippen LogP contribution in [-0.2, 0) is 4.79 Å². The van der Waals surface area contributed by atoms with E-state index >= 15 is 0 Å². The van der Waals surface area contributed by atoms with Crippen LogP contribution in [0.5, 0.6) is 0 Å². The number of nitrogen functional groups attached to an aromatic ring is 1. The molecule has 10 nitrogen and oxygen atoms in total. The monoisotopic (exact) mass is 539 g/mol. The molecule has 2 aromatic carbocycles. The Hall–Kier alpha value is -4.60. The summed E-state index contributed by atoms with van der Waals surface area (Å²) in [6, 6.07) is 16.7. The normalized spacial score (nSPS) is 14.2. The number of benzene rings is 2. The van der Waals surface area contributed by atoms with Gasteiger partial charge in [-0.15, -0.1) is 10.2 Å². The number of nitrogens with zero attached hydrogens (tertiary/aromatic N) is 6. The number of anilines is 1. The lowest BCUT2D eigenvalue weighted by Crippen LogP contribution is -2.38. The van der Waals surface area contributed by atoms with Gasteiger partial charge >= 0.3 is 0 Å². The molecule has 206 valence electrons. The van der Waals surface area contributed by atoms with Crippen LogP contribution >= 0.6 is 0 Å². The van der Waals surface area contributed by atoms with Crippen molar-refractivity contribution in [3.63, 3.8) is 0 Å². The first-order valence-electron chi connectivity index (χ1n) is 13.4. The van der Waals surface area contributed by atoms with E-state index in [0.717, 1.165) is 17.5 Å². The van der Waals surface area contributed by atoms with Crippen LogP contribution in [0.15, 0.2) is 65.2 Å². The molecule has 1 aliphatic heterocycles. The van der Waals surface area contributed by atoms with Gasteiger partial charge in [0.1, 0.15) is 0 Å². The predicted molar refractivity (Wildman–Crippen MR) is 152 cm³/mol. The van der Waals surface area contributed by atoms with Crippen LogP contribution in [0.1, 0.15) is 44.0 Å². The van der Waals surface area contributed by atoms with Crippen LogP contribution in [0.2, 0.25) is 0 Å². The second kappa shape index (κ2) is 11.3. The highest BCUT2D eigenvalue weighted by atomic mass is 16.4. The summed E-state index contributed by atoms with van der Waals surface area (Å²) in [5.74, 6) is 0.802. The number of nitrogens with two attached hydrogens (primary N) is 1. The number of aromatic nitrogens is 4. The van der Waals surface area contributed by atoms with Gasteiger partial charge in [-0.25, -0.2) is 9.97 Å². The van der Waals surface area contributed by atoms with E-state index < -0.39 is 0 Å². The molecule has 0 spiro atoms. The highest BCUT2D eigenvalue weighted by molar-refractivity contribution is 5.94. The summed E-state index contributed by atoms with van der Waals surface area (Å²) in [5, 5.41) is 8.23. The number of rotatable bonds is 5. The zero-order chi connectivity index (χ0) is 28.3. The van der Waals surface area contributed by atoms with Gasteiger partial charge in [-0.05, 0) is 36.1 Å². The SMILES string of the molecule is CC(C)(C)CC(=O)N1CCCN(C(=O)c2ccc(-c3cnc(N)c(-c4nnc(-c5ccccc5)o4)n3)cc2)CC1. The molecule has 0 atom stereocenters. The third kappa shape index (κ3) is 6.17. The van der Waals surface area contributed by atoms with Crippen molar-refractivity contribution in [1.29, 1.82) is 0 Å². The minimum absolute atomic E-state index is 0.0555. The molecule has 0 unspecified atom stereocenters. The summed E-state index contributed by atoms with van der Waals surface area (Å²) in [6.45, 7) is 8.52. The number of hydrogen-bond donors (Lipinski definition) is 1. The molecule has 2 amide bonds. The van der Waals surface area contributed by atoms with Crippen molar-refractivity contribution < 1.29 is 14.0 Å². The van der Waals surface area contributed by atoms with Crippen molar-refractivity contribution in [1.82, 2.24) is 30.0 Å². The lowest BCUT2D eigenvalue weighted by Gasteiger charge is -2.25. The van der Waals surface area contributed by atoms with Crippen LogP contribution < -0.4 is 5.73 Å². The van der Waals surface area contributed by atoms with Crippen LogP contribution in [0.4, 0.5) is 5.82 Å². The fourth-order valence-electron chi connectivity index (χ4n) is 4.61. The lowest BCUT2D eigenvalue weighted by molar-refractivity contribution is -0.132. The van der Waals surface area contributed by atoms with Gasteiger partial charge in [-0.2, -0.15) is 0 Å². The minimum atomic E-state index is -0.0628. The van der Waals surface area contributed by atoms with Crippen LogP contribution in [0, 0.1) is 5.41 Å². The maximum atomic E-state index is 13.3. The Morgan fingerprint density at radius 3 is 2.27 bits per heavy atom. The largest absolute Gasteiger partial charge is 0.414 e. The van der Waals surface area contributed by atoms with Crippen molar-refractivity contribution >= 4 is 17.6 Å². The Bertz CT molecular complexity index is 1490. The average Bonchev–Trinajstić information content (AvgIpc) is 3.30. The summed E-state index contributed by atoms with van der Waals surface area (Å²) in [7, 11) is 0. The van der Waals surface area contributed by atoms with Crippen LogP contribution in [0.25, 0.3) is 34.3 Å². The maximum absolute atomic E-state index is 13.3. The standard InChI is InChI=1S/C30H33N7O3/c1-30(2,3)18-24(38)36-14-7-15-37(17-16-36)29(39)22-12-10-20(11-13-22)23-19-32-26(31)25(33-23)28-35-34-27(40-28)21-8-5-4-6-9-21/h4-6,8-13,19H,7,14-18H2,1-3H3,(H2,31,32). The summed E-state index contributed by atoms with van der Waals surface area (Å²) < 4.78 is 5.82. The average molecular weight is 540 g/mol. The molecular weight excluding hydrogens is 506 g/mol. The first-order chi connectivity index (χ1) is 19.2. The highest BCUT2D eigenvalue weighted by Gasteiger charge is 2.25. The summed E-state index contributed by atoms with van der Waals surface area (Å²) >= 11 is 0. The maximum Gasteiger partial charge on any atom is 0.270 e. The van der Waals surface area contributed by atoms with Crippen molar-refractivity contribution in [2.75, 3.05) is 31.9 Å². The Kier molecular flexibility index (Phi) is 7.59. The first-order valence-corrected chi connectivity index (χ1v) is 13.4. The lowest BCUT2D eigenvalue weighted by atomic mass is 9.91. The fraction of sp³-hybridized carbons (Fsp3) is 0.333. The summed E-state index contributed by atoms with van der Waals surface area (Å²) in [4.78, 5) is 38.5. The number of carbonyl (C=O) groups excluding carboxylic acids is 2. The molecule has 0 radical (unpaired) electrons. The smallest absolute Gasteiger partial charge is 0.270 e. The van der Waals surface area contributed by atoms with E-state index in [0.29, 0.717) is 55.4 Å². The van der Waals surface area contributed by atoms with Crippen molar-refractivity contribution in [2.45, 2.75) is 33.6 Å². The molecule has 1 fully saturated rings. The van der Waals surface area contributed by atoms with Crippen molar-refractivity contribution in [3.8, 4) is 34.3 Å². The molecule has 0 bridgehead atoms. The van der Waals surface area contributed by atoms with Crippen molar-refractivity contribution in [2.24, 2.45) is 5.41 Å². The Balaban J connectivity index is 1.28. The number of amides is 2. The van der Waals surface area contributed by atoms with Gasteiger partial charge < -0.3 is 20.0 Å². The minimum Gasteiger partial charge on any atom is -0.414 e. The Morgan fingerprint density at radius 1 is 0.875 bits per heavy atom. The topological polar surface area (TPSA) is 131 Å². The second-order valence-electron chi connectivity index (χ2n) is 11.1. The van der Waals surface area contributed by atoms with E-state index in [2.05, 4.69) is 40.9 Å². The molecule has 5 rings (SSSR count). The third-order valence-corrected chi connectivity index (χ3v) is 6.69. The Labute approximate surface area is 233 Å². The second-order valence-corrected chi connectivity index (χ2v) is 11.1. The first kappa shape index (κ1) is 27.0. The Morgan fingerprint density at radius 2 is 1.55 bits per heavy atom. The molecule has 0 aliphatic carbocycles. The number of hydrogen-bond acceptors (Lipinski definition) is 8. The van der Waals surface area contributed by atoms with Gasteiger partial charge in [0.05, 0.1) is 11.9 Å². The predicted octanol–water partition coefficient (Wildman–Crippen LogP) is 4.55. The van der Waals surface area contributed by atoms with Gasteiger partial charge in [0.15, 0.2) is 11.5 Å². The van der Waals surface area contributed by atoms with E-state index in [4.69, 9.17) is 10.2 Å². The zero-order valence-electron chi connectivity index (χ0n) is 23.0. The van der Waals surface area contributed by atoms with E-state index in [1.165, 1.54) is 0 Å². The summed E-state index contributed by atoms with van der Waals surface area (Å²) in [6.07, 6.45) is 2.83. The molecule has 1 aliphatic rings. The van der Waals surface area contributed by atoms with E-state index in [1.807, 2.05) is 52.3 Å². The molecule has 1 saturated heterocycles. The van der Waals surface area contributed by atoms with Gasteiger partial charge in [0, 0.05) is 49.3 Å².